The number of piperazine rings is 1. The van der Waals surface area contributed by atoms with Gasteiger partial charge in [0.15, 0.2) is 5.65 Å². The lowest BCUT2D eigenvalue weighted by molar-refractivity contribution is -0.274. The molecule has 204 valence electrons. The fourth-order valence-electron chi connectivity index (χ4n) is 4.85. The Hall–Kier alpha value is -4.28. The van der Waals surface area contributed by atoms with Crippen LogP contribution in [0.4, 0.5) is 24.7 Å². The molecule has 3 heterocycles. The highest BCUT2D eigenvalue weighted by molar-refractivity contribution is 5.87. The van der Waals surface area contributed by atoms with Gasteiger partial charge in [0, 0.05) is 49.8 Å². The van der Waals surface area contributed by atoms with Crippen molar-refractivity contribution in [1.82, 2.24) is 19.3 Å². The summed E-state index contributed by atoms with van der Waals surface area (Å²) in [5.74, 6) is 0.181. The van der Waals surface area contributed by atoms with E-state index in [1.165, 1.54) is 41.1 Å². The lowest BCUT2D eigenvalue weighted by atomic mass is 10.1. The quantitative estimate of drug-likeness (QED) is 0.370. The first-order valence-corrected chi connectivity index (χ1v) is 12.7. The van der Waals surface area contributed by atoms with Gasteiger partial charge in [-0.05, 0) is 62.2 Å². The number of fused-ring (bicyclic) bond motifs is 1. The molecule has 39 heavy (non-hydrogen) atoms. The number of ether oxygens (including phenoxy) is 1. The van der Waals surface area contributed by atoms with Gasteiger partial charge in [-0.15, -0.1) is 13.2 Å². The molecule has 1 N–H and O–H groups in total. The Labute approximate surface area is 224 Å². The number of imidazole rings is 1. The molecule has 1 saturated heterocycles. The smallest absolute Gasteiger partial charge is 0.406 e. The number of hydrogen-bond donors (Lipinski definition) is 1. The number of aromatic nitrogens is 3. The SMILES string of the molecule is Cc1cccc(N2CCN(C(=O)C(C)Nc3c(-c4ccc(OC(F)(F)F)cc4)nc4cnccn34)CC2)c1C. The molecule has 5 rings (SSSR count). The number of hydrogen-bond acceptors (Lipinski definition) is 6. The van der Waals surface area contributed by atoms with Crippen LogP contribution >= 0.6 is 0 Å². The third-order valence-corrected chi connectivity index (χ3v) is 7.02. The van der Waals surface area contributed by atoms with E-state index in [2.05, 4.69) is 57.0 Å². The molecular weight excluding hydrogens is 509 g/mol. The summed E-state index contributed by atoms with van der Waals surface area (Å²) in [6.45, 7) is 8.69. The van der Waals surface area contributed by atoms with Crippen molar-refractivity contribution >= 4 is 23.1 Å². The topological polar surface area (TPSA) is 75.0 Å². The van der Waals surface area contributed by atoms with E-state index in [9.17, 15) is 18.0 Å². The molecule has 1 fully saturated rings. The van der Waals surface area contributed by atoms with Crippen molar-refractivity contribution < 1.29 is 22.7 Å². The molecule has 0 aliphatic carbocycles. The van der Waals surface area contributed by atoms with Crippen LogP contribution in [0.25, 0.3) is 16.9 Å². The Balaban J connectivity index is 1.32. The number of alkyl halides is 3. The lowest BCUT2D eigenvalue weighted by Crippen LogP contribution is -2.52. The molecular formula is C28H29F3N6O2. The van der Waals surface area contributed by atoms with Gasteiger partial charge < -0.3 is 19.9 Å². The van der Waals surface area contributed by atoms with E-state index in [0.29, 0.717) is 35.8 Å². The van der Waals surface area contributed by atoms with E-state index in [4.69, 9.17) is 0 Å². The normalized spacial score (nSPS) is 14.9. The Bertz CT molecular complexity index is 1480. The number of amides is 1. The van der Waals surface area contributed by atoms with Crippen molar-refractivity contribution in [2.45, 2.75) is 33.2 Å². The van der Waals surface area contributed by atoms with Crippen LogP contribution in [0.1, 0.15) is 18.1 Å². The molecule has 1 atom stereocenters. The summed E-state index contributed by atoms with van der Waals surface area (Å²) < 4.78 is 43.5. The molecule has 1 unspecified atom stereocenters. The number of nitrogens with one attached hydrogen (secondary N) is 1. The van der Waals surface area contributed by atoms with Crippen LogP contribution in [0.15, 0.2) is 61.1 Å². The van der Waals surface area contributed by atoms with Gasteiger partial charge in [0.1, 0.15) is 23.3 Å². The molecule has 1 aliphatic rings. The number of carbonyl (C=O) groups excluding carboxylic acids is 1. The van der Waals surface area contributed by atoms with Gasteiger partial charge in [-0.3, -0.25) is 14.2 Å². The van der Waals surface area contributed by atoms with Gasteiger partial charge >= 0.3 is 6.36 Å². The minimum Gasteiger partial charge on any atom is -0.406 e. The minimum atomic E-state index is -4.77. The number of carbonyl (C=O) groups is 1. The molecule has 0 spiro atoms. The summed E-state index contributed by atoms with van der Waals surface area (Å²) in [4.78, 5) is 26.3. The number of aryl methyl sites for hydroxylation is 1. The average Bonchev–Trinajstić information content (AvgIpc) is 3.27. The van der Waals surface area contributed by atoms with E-state index in [1.807, 2.05) is 4.90 Å². The number of nitrogens with zero attached hydrogens (tertiary/aromatic N) is 5. The first kappa shape index (κ1) is 26.3. The third-order valence-electron chi connectivity index (χ3n) is 7.02. The Morgan fingerprint density at radius 2 is 1.77 bits per heavy atom. The van der Waals surface area contributed by atoms with Crippen molar-refractivity contribution in [3.05, 3.63) is 72.2 Å². The fraction of sp³-hybridized carbons (Fsp3) is 0.321. The third kappa shape index (κ3) is 5.62. The van der Waals surface area contributed by atoms with Crippen LogP contribution in [0.3, 0.4) is 0 Å². The van der Waals surface area contributed by atoms with Crippen molar-refractivity contribution in [1.29, 1.82) is 0 Å². The monoisotopic (exact) mass is 538 g/mol. The molecule has 11 heteroatoms. The van der Waals surface area contributed by atoms with E-state index < -0.39 is 12.4 Å². The van der Waals surface area contributed by atoms with Crippen LogP contribution in [-0.2, 0) is 4.79 Å². The number of benzene rings is 2. The van der Waals surface area contributed by atoms with Crippen LogP contribution in [0.5, 0.6) is 5.75 Å². The zero-order valence-electron chi connectivity index (χ0n) is 21.9. The second-order valence-corrected chi connectivity index (χ2v) is 9.58. The summed E-state index contributed by atoms with van der Waals surface area (Å²) in [5, 5.41) is 3.30. The Kier molecular flexibility index (Phi) is 7.07. The molecule has 0 bridgehead atoms. The molecule has 1 aliphatic heterocycles. The standard InChI is InChI=1S/C28H29F3N6O2/c1-18-5-4-6-23(19(18)2)35-13-15-36(16-14-35)27(38)20(3)33-26-25(34-24-17-32-11-12-37(24)26)21-7-9-22(10-8-21)39-28(29,30)31/h4-12,17,20,33H,13-16H2,1-3H3. The van der Waals surface area contributed by atoms with Crippen LogP contribution in [-0.4, -0.2) is 63.8 Å². The van der Waals surface area contributed by atoms with Crippen LogP contribution < -0.4 is 15.0 Å². The van der Waals surface area contributed by atoms with E-state index in [1.54, 1.807) is 29.9 Å². The van der Waals surface area contributed by atoms with E-state index >= 15 is 0 Å². The zero-order chi connectivity index (χ0) is 27.7. The zero-order valence-corrected chi connectivity index (χ0v) is 21.9. The fourth-order valence-corrected chi connectivity index (χ4v) is 4.85. The maximum absolute atomic E-state index is 13.4. The highest BCUT2D eigenvalue weighted by Crippen LogP contribution is 2.32. The average molecular weight is 539 g/mol. The van der Waals surface area contributed by atoms with Crippen molar-refractivity contribution in [3.8, 4) is 17.0 Å². The molecule has 8 nitrogen and oxygen atoms in total. The highest BCUT2D eigenvalue weighted by atomic mass is 19.4. The van der Waals surface area contributed by atoms with E-state index in [-0.39, 0.29) is 11.7 Å². The largest absolute Gasteiger partial charge is 0.573 e. The molecule has 4 aromatic rings. The van der Waals surface area contributed by atoms with Gasteiger partial charge in [0.25, 0.3) is 0 Å². The predicted octanol–water partition coefficient (Wildman–Crippen LogP) is 5.06. The number of anilines is 2. The Morgan fingerprint density at radius 3 is 2.46 bits per heavy atom. The second-order valence-electron chi connectivity index (χ2n) is 9.58. The second kappa shape index (κ2) is 10.5. The Morgan fingerprint density at radius 1 is 1.05 bits per heavy atom. The highest BCUT2D eigenvalue weighted by Gasteiger charge is 2.31. The van der Waals surface area contributed by atoms with Gasteiger partial charge in [0.2, 0.25) is 5.91 Å². The molecule has 2 aromatic carbocycles. The first-order chi connectivity index (χ1) is 18.6. The summed E-state index contributed by atoms with van der Waals surface area (Å²) in [5.41, 5.74) is 5.28. The molecule has 0 radical (unpaired) electrons. The number of halogens is 3. The summed E-state index contributed by atoms with van der Waals surface area (Å²) >= 11 is 0. The van der Waals surface area contributed by atoms with Crippen molar-refractivity contribution in [3.63, 3.8) is 0 Å². The van der Waals surface area contributed by atoms with Gasteiger partial charge in [-0.1, -0.05) is 12.1 Å². The maximum atomic E-state index is 13.4. The van der Waals surface area contributed by atoms with E-state index in [0.717, 1.165) is 13.1 Å². The maximum Gasteiger partial charge on any atom is 0.573 e. The molecule has 1 amide bonds. The summed E-state index contributed by atoms with van der Waals surface area (Å²) in [6.07, 6.45) is 0.121. The predicted molar refractivity (Wildman–Crippen MR) is 143 cm³/mol. The van der Waals surface area contributed by atoms with Gasteiger partial charge in [-0.2, -0.15) is 0 Å². The minimum absolute atomic E-state index is 0.0421. The van der Waals surface area contributed by atoms with Crippen LogP contribution in [0.2, 0.25) is 0 Å². The van der Waals surface area contributed by atoms with Crippen molar-refractivity contribution in [2.75, 3.05) is 36.4 Å². The van der Waals surface area contributed by atoms with Crippen LogP contribution in [0, 0.1) is 13.8 Å². The number of rotatable bonds is 6. The summed E-state index contributed by atoms with van der Waals surface area (Å²) in [7, 11) is 0. The molecule has 2 aromatic heterocycles. The van der Waals surface area contributed by atoms with Gasteiger partial charge in [0.05, 0.1) is 6.20 Å². The molecule has 0 saturated carbocycles. The first-order valence-electron chi connectivity index (χ1n) is 12.7. The van der Waals surface area contributed by atoms with Gasteiger partial charge in [-0.25, -0.2) is 4.98 Å². The van der Waals surface area contributed by atoms with Crippen molar-refractivity contribution in [2.24, 2.45) is 0 Å². The lowest BCUT2D eigenvalue weighted by Gasteiger charge is -2.38. The summed E-state index contributed by atoms with van der Waals surface area (Å²) in [6, 6.07) is 11.2.